The van der Waals surface area contributed by atoms with Crippen molar-refractivity contribution >= 4 is 17.3 Å². The van der Waals surface area contributed by atoms with Gasteiger partial charge in [-0.3, -0.25) is 4.90 Å². The predicted octanol–water partition coefficient (Wildman–Crippen LogP) is 4.49. The molecule has 0 bridgehead atoms. The molecule has 5 heteroatoms. The highest BCUT2D eigenvalue weighted by atomic mass is 35.5. The Hall–Kier alpha value is -1.75. The second kappa shape index (κ2) is 9.84. The first-order valence-corrected chi connectivity index (χ1v) is 10.9. The fourth-order valence-corrected chi connectivity index (χ4v) is 4.39. The monoisotopic (exact) mass is 416 g/mol. The number of hydrogen-bond acceptors (Lipinski definition) is 4. The molecule has 4 nitrogen and oxygen atoms in total. The van der Waals surface area contributed by atoms with Gasteiger partial charge in [0.2, 0.25) is 0 Å². The molecule has 1 heterocycles. The van der Waals surface area contributed by atoms with Gasteiger partial charge in [0, 0.05) is 49.9 Å². The molecule has 1 saturated heterocycles. The molecular formula is C24H33ClN2O2. The highest BCUT2D eigenvalue weighted by Gasteiger charge is 2.34. The van der Waals surface area contributed by atoms with Crippen LogP contribution < -0.4 is 9.64 Å². The summed E-state index contributed by atoms with van der Waals surface area (Å²) in [7, 11) is 1.68. The molecule has 2 aromatic rings. The number of anilines is 1. The third-order valence-corrected chi connectivity index (χ3v) is 6.49. The molecule has 0 aliphatic carbocycles. The number of aliphatic hydroxyl groups is 1. The topological polar surface area (TPSA) is 35.9 Å². The van der Waals surface area contributed by atoms with Crippen LogP contribution in [0.4, 0.5) is 5.69 Å². The van der Waals surface area contributed by atoms with E-state index in [1.165, 1.54) is 5.69 Å². The van der Waals surface area contributed by atoms with Crippen molar-refractivity contribution in [2.45, 2.75) is 32.3 Å². The van der Waals surface area contributed by atoms with Gasteiger partial charge in [0.05, 0.1) is 12.7 Å². The molecule has 0 aromatic heterocycles. The highest BCUT2D eigenvalue weighted by molar-refractivity contribution is 6.30. The van der Waals surface area contributed by atoms with Gasteiger partial charge in [-0.15, -0.1) is 0 Å². The lowest BCUT2D eigenvalue weighted by Crippen LogP contribution is -2.51. The van der Waals surface area contributed by atoms with Crippen molar-refractivity contribution < 1.29 is 9.84 Å². The standard InChI is InChI=1S/C24H33ClN2O2/c1-4-24(28,17-20-7-5-10-23(15-20)29-3)19(2)18-26-11-13-27(14-12-26)22-9-6-8-21(25)16-22/h5-10,15-16,19,28H,4,11-14,17-18H2,1-3H3. The van der Waals surface area contributed by atoms with E-state index in [1.54, 1.807) is 7.11 Å². The largest absolute Gasteiger partial charge is 0.497 e. The molecule has 3 rings (SSSR count). The van der Waals surface area contributed by atoms with Crippen LogP contribution in [0.15, 0.2) is 48.5 Å². The van der Waals surface area contributed by atoms with Crippen LogP contribution in [0.25, 0.3) is 0 Å². The Labute approximate surface area is 180 Å². The van der Waals surface area contributed by atoms with Crippen LogP contribution in [0, 0.1) is 5.92 Å². The van der Waals surface area contributed by atoms with Gasteiger partial charge in [0.25, 0.3) is 0 Å². The van der Waals surface area contributed by atoms with E-state index in [0.717, 1.165) is 55.5 Å². The zero-order valence-corrected chi connectivity index (χ0v) is 18.5. The maximum atomic E-state index is 11.4. The normalized spacial score (nSPS) is 18.3. The molecule has 2 unspecified atom stereocenters. The maximum Gasteiger partial charge on any atom is 0.119 e. The van der Waals surface area contributed by atoms with Crippen LogP contribution in [-0.4, -0.2) is 55.4 Å². The second-order valence-electron chi connectivity index (χ2n) is 8.15. The van der Waals surface area contributed by atoms with Gasteiger partial charge in [-0.1, -0.05) is 43.6 Å². The predicted molar refractivity (Wildman–Crippen MR) is 121 cm³/mol. The summed E-state index contributed by atoms with van der Waals surface area (Å²) in [6.45, 7) is 9.10. The molecule has 1 fully saturated rings. The Kier molecular flexibility index (Phi) is 7.44. The minimum atomic E-state index is -0.726. The summed E-state index contributed by atoms with van der Waals surface area (Å²) in [6.07, 6.45) is 1.37. The van der Waals surface area contributed by atoms with E-state index in [2.05, 4.69) is 35.8 Å². The minimum absolute atomic E-state index is 0.177. The summed E-state index contributed by atoms with van der Waals surface area (Å²) in [4.78, 5) is 4.85. The fraction of sp³-hybridized carbons (Fsp3) is 0.500. The zero-order valence-electron chi connectivity index (χ0n) is 17.8. The average molecular weight is 417 g/mol. The number of ether oxygens (including phenoxy) is 1. The van der Waals surface area contributed by atoms with Crippen molar-refractivity contribution in [2.24, 2.45) is 5.92 Å². The van der Waals surface area contributed by atoms with Crippen LogP contribution in [-0.2, 0) is 6.42 Å². The second-order valence-corrected chi connectivity index (χ2v) is 8.59. The molecule has 0 amide bonds. The van der Waals surface area contributed by atoms with E-state index in [-0.39, 0.29) is 5.92 Å². The number of nitrogens with zero attached hydrogens (tertiary/aromatic N) is 2. The Bertz CT molecular complexity index is 792. The number of halogens is 1. The van der Waals surface area contributed by atoms with Crippen LogP contribution >= 0.6 is 11.6 Å². The van der Waals surface area contributed by atoms with Gasteiger partial charge < -0.3 is 14.7 Å². The quantitative estimate of drug-likeness (QED) is 0.687. The molecule has 0 spiro atoms. The first-order valence-electron chi connectivity index (χ1n) is 10.5. The molecule has 1 aliphatic heterocycles. The average Bonchev–Trinajstić information content (AvgIpc) is 2.74. The smallest absolute Gasteiger partial charge is 0.119 e. The van der Waals surface area contributed by atoms with Crippen molar-refractivity contribution in [1.82, 2.24) is 4.90 Å². The van der Waals surface area contributed by atoms with Crippen LogP contribution in [0.2, 0.25) is 5.02 Å². The van der Waals surface area contributed by atoms with E-state index in [1.807, 2.05) is 36.4 Å². The van der Waals surface area contributed by atoms with E-state index in [4.69, 9.17) is 16.3 Å². The molecule has 29 heavy (non-hydrogen) atoms. The van der Waals surface area contributed by atoms with E-state index in [0.29, 0.717) is 6.42 Å². The number of piperazine rings is 1. The Balaban J connectivity index is 1.57. The number of benzene rings is 2. The third-order valence-electron chi connectivity index (χ3n) is 6.25. The van der Waals surface area contributed by atoms with E-state index < -0.39 is 5.60 Å². The molecule has 2 atom stereocenters. The summed E-state index contributed by atoms with van der Waals surface area (Å²) in [5.41, 5.74) is 1.58. The van der Waals surface area contributed by atoms with Crippen LogP contribution in [0.5, 0.6) is 5.75 Å². The first-order chi connectivity index (χ1) is 13.9. The van der Waals surface area contributed by atoms with Gasteiger partial charge in [-0.05, 0) is 48.2 Å². The van der Waals surface area contributed by atoms with Gasteiger partial charge >= 0.3 is 0 Å². The summed E-state index contributed by atoms with van der Waals surface area (Å²) >= 11 is 6.14. The van der Waals surface area contributed by atoms with Gasteiger partial charge in [-0.25, -0.2) is 0 Å². The SMILES string of the molecule is CCC(O)(Cc1cccc(OC)c1)C(C)CN1CCN(c2cccc(Cl)c2)CC1. The molecule has 0 saturated carbocycles. The summed E-state index contributed by atoms with van der Waals surface area (Å²) < 4.78 is 5.34. The lowest BCUT2D eigenvalue weighted by molar-refractivity contribution is -0.0281. The van der Waals surface area contributed by atoms with E-state index >= 15 is 0 Å². The number of rotatable bonds is 8. The summed E-state index contributed by atoms with van der Waals surface area (Å²) in [6, 6.07) is 16.1. The summed E-state index contributed by atoms with van der Waals surface area (Å²) in [5.74, 6) is 1.02. The van der Waals surface area contributed by atoms with E-state index in [9.17, 15) is 5.11 Å². The molecule has 0 radical (unpaired) electrons. The third kappa shape index (κ3) is 5.65. The maximum absolute atomic E-state index is 11.4. The minimum Gasteiger partial charge on any atom is -0.497 e. The highest BCUT2D eigenvalue weighted by Crippen LogP contribution is 2.29. The van der Waals surface area contributed by atoms with Gasteiger partial charge in [0.15, 0.2) is 0 Å². The van der Waals surface area contributed by atoms with Crippen LogP contribution in [0.1, 0.15) is 25.8 Å². The molecule has 158 valence electrons. The summed E-state index contributed by atoms with van der Waals surface area (Å²) in [5, 5.41) is 12.2. The Morgan fingerprint density at radius 1 is 1.10 bits per heavy atom. The Morgan fingerprint density at radius 3 is 2.48 bits per heavy atom. The molecular weight excluding hydrogens is 384 g/mol. The van der Waals surface area contributed by atoms with Crippen LogP contribution in [0.3, 0.4) is 0 Å². The molecule has 1 aliphatic rings. The molecule has 1 N–H and O–H groups in total. The molecule has 2 aromatic carbocycles. The van der Waals surface area contributed by atoms with Crippen molar-refractivity contribution in [2.75, 3.05) is 44.7 Å². The van der Waals surface area contributed by atoms with Crippen molar-refractivity contribution in [3.63, 3.8) is 0 Å². The Morgan fingerprint density at radius 2 is 1.83 bits per heavy atom. The van der Waals surface area contributed by atoms with Gasteiger partial charge in [0.1, 0.15) is 5.75 Å². The first kappa shape index (κ1) is 21.9. The van der Waals surface area contributed by atoms with Crippen molar-refractivity contribution in [3.8, 4) is 5.75 Å². The van der Waals surface area contributed by atoms with Crippen molar-refractivity contribution in [1.29, 1.82) is 0 Å². The lowest BCUT2D eigenvalue weighted by Gasteiger charge is -2.41. The number of methoxy groups -OCH3 is 1. The lowest BCUT2D eigenvalue weighted by atomic mass is 9.80. The van der Waals surface area contributed by atoms with Gasteiger partial charge in [-0.2, -0.15) is 0 Å². The van der Waals surface area contributed by atoms with Crippen molar-refractivity contribution in [3.05, 3.63) is 59.1 Å². The number of hydrogen-bond donors (Lipinski definition) is 1. The fourth-order valence-electron chi connectivity index (χ4n) is 4.20. The zero-order chi connectivity index (χ0) is 20.9.